The van der Waals surface area contributed by atoms with E-state index >= 15 is 0 Å². The molecule has 3 nitrogen and oxygen atoms in total. The number of likely N-dealkylation sites (tertiary alicyclic amines) is 1. The lowest BCUT2D eigenvalue weighted by atomic mass is 9.94. The molecule has 0 aromatic heterocycles. The molecule has 2 rings (SSSR count). The zero-order valence-electron chi connectivity index (χ0n) is 10.6. The van der Waals surface area contributed by atoms with Crippen molar-refractivity contribution in [1.29, 1.82) is 0 Å². The lowest BCUT2D eigenvalue weighted by molar-refractivity contribution is 0.102. The second kappa shape index (κ2) is 6.58. The summed E-state index contributed by atoms with van der Waals surface area (Å²) in [6.45, 7) is 4.65. The Morgan fingerprint density at radius 2 is 2.19 bits per heavy atom. The van der Waals surface area contributed by atoms with Crippen molar-refractivity contribution in [1.82, 2.24) is 10.2 Å². The van der Waals surface area contributed by atoms with E-state index in [1.807, 2.05) is 0 Å². The van der Waals surface area contributed by atoms with E-state index in [2.05, 4.69) is 10.2 Å². The van der Waals surface area contributed by atoms with Crippen LogP contribution in [0.5, 0.6) is 0 Å². The Morgan fingerprint density at radius 3 is 2.94 bits per heavy atom. The minimum atomic E-state index is 0.767. The molecule has 0 aliphatic carbocycles. The van der Waals surface area contributed by atoms with Gasteiger partial charge < -0.3 is 10.1 Å². The standard InChI is InChI=1S/C13H26N2O/c1-16-11-5-10-15-9-3-2-7-13(15)12-6-4-8-14-12/h12-14H,2-11H2,1H3. The van der Waals surface area contributed by atoms with Crippen LogP contribution in [0.1, 0.15) is 38.5 Å². The lowest BCUT2D eigenvalue weighted by Gasteiger charge is -2.39. The van der Waals surface area contributed by atoms with Crippen LogP contribution < -0.4 is 5.32 Å². The SMILES string of the molecule is COCCCN1CCCCC1C1CCCN1. The zero-order valence-corrected chi connectivity index (χ0v) is 10.6. The summed E-state index contributed by atoms with van der Waals surface area (Å²) in [7, 11) is 1.80. The maximum atomic E-state index is 5.15. The molecule has 0 amide bonds. The molecule has 2 saturated heterocycles. The van der Waals surface area contributed by atoms with Gasteiger partial charge >= 0.3 is 0 Å². The molecule has 2 heterocycles. The average molecular weight is 226 g/mol. The van der Waals surface area contributed by atoms with Crippen LogP contribution >= 0.6 is 0 Å². The van der Waals surface area contributed by atoms with Crippen molar-refractivity contribution in [2.24, 2.45) is 0 Å². The number of piperidine rings is 1. The van der Waals surface area contributed by atoms with Gasteiger partial charge in [0.25, 0.3) is 0 Å². The maximum Gasteiger partial charge on any atom is 0.0474 e. The van der Waals surface area contributed by atoms with Crippen LogP contribution in [0, 0.1) is 0 Å². The summed E-state index contributed by atoms with van der Waals surface area (Å²) < 4.78 is 5.15. The lowest BCUT2D eigenvalue weighted by Crippen LogP contribution is -2.50. The van der Waals surface area contributed by atoms with E-state index in [-0.39, 0.29) is 0 Å². The molecule has 2 unspecified atom stereocenters. The largest absolute Gasteiger partial charge is 0.385 e. The summed E-state index contributed by atoms with van der Waals surface area (Å²) in [6.07, 6.45) is 8.13. The molecular weight excluding hydrogens is 200 g/mol. The van der Waals surface area contributed by atoms with Crippen molar-refractivity contribution in [2.75, 3.05) is 33.4 Å². The Balaban J connectivity index is 1.81. The Labute approximate surface area is 99.5 Å². The molecule has 0 spiro atoms. The zero-order chi connectivity index (χ0) is 11.2. The van der Waals surface area contributed by atoms with Crippen LogP contribution in [-0.2, 0) is 4.74 Å². The summed E-state index contributed by atoms with van der Waals surface area (Å²) in [5, 5.41) is 3.67. The number of hydrogen-bond donors (Lipinski definition) is 1. The molecule has 2 aliphatic heterocycles. The summed E-state index contributed by atoms with van der Waals surface area (Å²) in [6, 6.07) is 1.57. The summed E-state index contributed by atoms with van der Waals surface area (Å²) in [4.78, 5) is 2.70. The van der Waals surface area contributed by atoms with Crippen molar-refractivity contribution in [3.63, 3.8) is 0 Å². The smallest absolute Gasteiger partial charge is 0.0474 e. The van der Waals surface area contributed by atoms with Gasteiger partial charge in [-0.3, -0.25) is 4.90 Å². The van der Waals surface area contributed by atoms with Crippen LogP contribution in [0.25, 0.3) is 0 Å². The quantitative estimate of drug-likeness (QED) is 0.721. The van der Waals surface area contributed by atoms with Crippen LogP contribution in [0.2, 0.25) is 0 Å². The van der Waals surface area contributed by atoms with Gasteiger partial charge in [0.2, 0.25) is 0 Å². The Hall–Kier alpha value is -0.120. The molecule has 16 heavy (non-hydrogen) atoms. The van der Waals surface area contributed by atoms with Crippen LogP contribution in [0.15, 0.2) is 0 Å². The third kappa shape index (κ3) is 3.19. The number of nitrogens with one attached hydrogen (secondary N) is 1. The van der Waals surface area contributed by atoms with Crippen LogP contribution in [0.4, 0.5) is 0 Å². The van der Waals surface area contributed by atoms with Crippen molar-refractivity contribution >= 4 is 0 Å². The first-order valence-corrected chi connectivity index (χ1v) is 6.88. The normalized spacial score (nSPS) is 32.1. The highest BCUT2D eigenvalue weighted by atomic mass is 16.5. The number of nitrogens with zero attached hydrogens (tertiary/aromatic N) is 1. The van der Waals surface area contributed by atoms with E-state index in [0.29, 0.717) is 0 Å². The highest BCUT2D eigenvalue weighted by Gasteiger charge is 2.30. The monoisotopic (exact) mass is 226 g/mol. The van der Waals surface area contributed by atoms with Gasteiger partial charge in [0.1, 0.15) is 0 Å². The van der Waals surface area contributed by atoms with Crippen molar-refractivity contribution in [3.8, 4) is 0 Å². The second-order valence-electron chi connectivity index (χ2n) is 5.15. The molecule has 1 N–H and O–H groups in total. The molecule has 2 fully saturated rings. The minimum Gasteiger partial charge on any atom is -0.385 e. The first-order chi connectivity index (χ1) is 7.92. The predicted molar refractivity (Wildman–Crippen MR) is 66.7 cm³/mol. The van der Waals surface area contributed by atoms with Gasteiger partial charge in [-0.05, 0) is 45.2 Å². The summed E-state index contributed by atoms with van der Waals surface area (Å²) >= 11 is 0. The molecule has 2 atom stereocenters. The fourth-order valence-electron chi connectivity index (χ4n) is 3.20. The van der Waals surface area contributed by atoms with E-state index in [0.717, 1.165) is 18.7 Å². The van der Waals surface area contributed by atoms with Crippen molar-refractivity contribution in [3.05, 3.63) is 0 Å². The van der Waals surface area contributed by atoms with Gasteiger partial charge in [-0.15, -0.1) is 0 Å². The highest BCUT2D eigenvalue weighted by molar-refractivity contribution is 4.90. The molecule has 0 radical (unpaired) electrons. The summed E-state index contributed by atoms with van der Waals surface area (Å²) in [5.41, 5.74) is 0. The number of rotatable bonds is 5. The molecule has 0 saturated carbocycles. The van der Waals surface area contributed by atoms with Gasteiger partial charge in [0.15, 0.2) is 0 Å². The van der Waals surface area contributed by atoms with Crippen LogP contribution in [0.3, 0.4) is 0 Å². The number of hydrogen-bond acceptors (Lipinski definition) is 3. The van der Waals surface area contributed by atoms with Crippen LogP contribution in [-0.4, -0.2) is 50.3 Å². The number of methoxy groups -OCH3 is 1. The highest BCUT2D eigenvalue weighted by Crippen LogP contribution is 2.24. The minimum absolute atomic E-state index is 0.767. The fraction of sp³-hybridized carbons (Fsp3) is 1.00. The molecule has 0 bridgehead atoms. The van der Waals surface area contributed by atoms with Gasteiger partial charge in [0, 0.05) is 32.3 Å². The maximum absolute atomic E-state index is 5.15. The third-order valence-corrected chi connectivity index (χ3v) is 4.02. The van der Waals surface area contributed by atoms with E-state index in [4.69, 9.17) is 4.74 Å². The van der Waals surface area contributed by atoms with Crippen molar-refractivity contribution < 1.29 is 4.74 Å². The van der Waals surface area contributed by atoms with E-state index in [9.17, 15) is 0 Å². The molecular formula is C13H26N2O. The van der Waals surface area contributed by atoms with Gasteiger partial charge in [-0.2, -0.15) is 0 Å². The first kappa shape index (κ1) is 12.3. The van der Waals surface area contributed by atoms with E-state index in [1.165, 1.54) is 58.2 Å². The fourth-order valence-corrected chi connectivity index (χ4v) is 3.20. The molecule has 3 heteroatoms. The summed E-state index contributed by atoms with van der Waals surface area (Å²) in [5.74, 6) is 0. The topological polar surface area (TPSA) is 24.5 Å². The molecule has 0 aromatic rings. The molecule has 0 aromatic carbocycles. The van der Waals surface area contributed by atoms with E-state index < -0.39 is 0 Å². The third-order valence-electron chi connectivity index (χ3n) is 4.02. The Kier molecular flexibility index (Phi) is 5.07. The van der Waals surface area contributed by atoms with Gasteiger partial charge in [-0.1, -0.05) is 6.42 Å². The second-order valence-corrected chi connectivity index (χ2v) is 5.15. The Bertz CT molecular complexity index is 192. The number of ether oxygens (including phenoxy) is 1. The van der Waals surface area contributed by atoms with Gasteiger partial charge in [-0.25, -0.2) is 0 Å². The van der Waals surface area contributed by atoms with E-state index in [1.54, 1.807) is 7.11 Å². The predicted octanol–water partition coefficient (Wildman–Crippen LogP) is 1.63. The molecule has 2 aliphatic rings. The average Bonchev–Trinajstić information content (AvgIpc) is 2.83. The first-order valence-electron chi connectivity index (χ1n) is 6.88. The van der Waals surface area contributed by atoms with Crippen molar-refractivity contribution in [2.45, 2.75) is 50.6 Å². The Morgan fingerprint density at radius 1 is 1.25 bits per heavy atom. The molecule has 94 valence electrons. The van der Waals surface area contributed by atoms with Gasteiger partial charge in [0.05, 0.1) is 0 Å².